The molecule has 1 aliphatic rings. The van der Waals surface area contributed by atoms with Gasteiger partial charge in [0, 0.05) is 22.6 Å². The van der Waals surface area contributed by atoms with Crippen molar-refractivity contribution in [2.45, 2.75) is 36.6 Å². The highest BCUT2D eigenvalue weighted by molar-refractivity contribution is 7.99. The first-order valence-electron chi connectivity index (χ1n) is 7.33. The predicted molar refractivity (Wildman–Crippen MR) is 87.4 cm³/mol. The topological polar surface area (TPSA) is 26.0 Å². The van der Waals surface area contributed by atoms with Gasteiger partial charge in [-0.1, -0.05) is 49.4 Å². The lowest BCUT2D eigenvalue weighted by Gasteiger charge is -2.20. The van der Waals surface area contributed by atoms with Gasteiger partial charge >= 0.3 is 0 Å². The summed E-state index contributed by atoms with van der Waals surface area (Å²) in [5, 5.41) is 0. The maximum atomic E-state index is 6.48. The number of aryl methyl sites for hydroxylation is 1. The normalized spacial score (nSPS) is 18.8. The molecule has 2 heteroatoms. The number of hydrogen-bond acceptors (Lipinski definition) is 2. The van der Waals surface area contributed by atoms with Crippen LogP contribution in [0.3, 0.4) is 0 Å². The lowest BCUT2D eigenvalue weighted by molar-refractivity contribution is 0.572. The summed E-state index contributed by atoms with van der Waals surface area (Å²) in [7, 11) is 0. The molecule has 0 aromatic heterocycles. The molecular formula is C18H21NS. The molecule has 1 nitrogen and oxygen atoms in total. The van der Waals surface area contributed by atoms with Crippen molar-refractivity contribution in [1.29, 1.82) is 0 Å². The van der Waals surface area contributed by atoms with Gasteiger partial charge in [0.05, 0.1) is 0 Å². The minimum Gasteiger partial charge on any atom is -0.327 e. The molecule has 0 bridgehead atoms. The fourth-order valence-corrected chi connectivity index (χ4v) is 4.21. The van der Waals surface area contributed by atoms with Gasteiger partial charge < -0.3 is 5.73 Å². The number of fused-ring (bicyclic) bond motifs is 1. The summed E-state index contributed by atoms with van der Waals surface area (Å²) in [6.07, 6.45) is 2.06. The molecule has 1 aliphatic heterocycles. The summed E-state index contributed by atoms with van der Waals surface area (Å²) in [5.74, 6) is 1.61. The summed E-state index contributed by atoms with van der Waals surface area (Å²) in [6.45, 7) is 2.19. The lowest BCUT2D eigenvalue weighted by Crippen LogP contribution is -2.30. The molecule has 1 heterocycles. The average molecular weight is 283 g/mol. The Kier molecular flexibility index (Phi) is 4.13. The first kappa shape index (κ1) is 13.7. The van der Waals surface area contributed by atoms with Crippen LogP contribution in [0.4, 0.5) is 0 Å². The van der Waals surface area contributed by atoms with E-state index in [1.807, 2.05) is 11.8 Å². The number of nitrogens with two attached hydrogens (primary N) is 1. The monoisotopic (exact) mass is 283 g/mol. The highest BCUT2D eigenvalue weighted by Crippen LogP contribution is 2.41. The molecule has 0 aliphatic carbocycles. The van der Waals surface area contributed by atoms with E-state index in [-0.39, 0.29) is 6.04 Å². The second kappa shape index (κ2) is 6.02. The summed E-state index contributed by atoms with van der Waals surface area (Å²) < 4.78 is 0. The molecule has 20 heavy (non-hydrogen) atoms. The Balaban J connectivity index is 1.72. The van der Waals surface area contributed by atoms with Crippen molar-refractivity contribution >= 4 is 11.8 Å². The molecule has 2 atom stereocenters. The first-order chi connectivity index (χ1) is 9.78. The highest BCUT2D eigenvalue weighted by Gasteiger charge is 2.27. The molecule has 2 aromatic carbocycles. The van der Waals surface area contributed by atoms with Crippen LogP contribution >= 0.6 is 11.8 Å². The fraction of sp³-hybridized carbons (Fsp3) is 0.333. The van der Waals surface area contributed by atoms with Crippen molar-refractivity contribution in [1.82, 2.24) is 0 Å². The molecular weight excluding hydrogens is 262 g/mol. The van der Waals surface area contributed by atoms with Crippen molar-refractivity contribution < 1.29 is 0 Å². The van der Waals surface area contributed by atoms with E-state index in [9.17, 15) is 0 Å². The Bertz CT molecular complexity index is 576. The largest absolute Gasteiger partial charge is 0.327 e. The average Bonchev–Trinajstić information content (AvgIpc) is 2.92. The van der Waals surface area contributed by atoms with Crippen LogP contribution in [0.5, 0.6) is 0 Å². The minimum absolute atomic E-state index is 0.207. The molecule has 0 fully saturated rings. The van der Waals surface area contributed by atoms with Crippen molar-refractivity contribution in [3.05, 3.63) is 65.2 Å². The van der Waals surface area contributed by atoms with Gasteiger partial charge in [-0.05, 0) is 35.6 Å². The maximum Gasteiger partial charge on any atom is 0.0157 e. The molecule has 2 unspecified atom stereocenters. The summed E-state index contributed by atoms with van der Waals surface area (Å²) >= 11 is 1.94. The Labute approximate surface area is 125 Å². The van der Waals surface area contributed by atoms with Crippen LogP contribution in [0.1, 0.15) is 29.5 Å². The van der Waals surface area contributed by atoms with E-state index in [1.54, 1.807) is 0 Å². The number of thioether (sulfide) groups is 1. The van der Waals surface area contributed by atoms with E-state index in [0.717, 1.165) is 18.6 Å². The zero-order chi connectivity index (χ0) is 13.9. The van der Waals surface area contributed by atoms with Crippen molar-refractivity contribution in [2.75, 3.05) is 5.75 Å². The standard InChI is InChI=1S/C18H21NS/c1-2-13-7-9-14(10-8-13)11-17(19)16-12-20-18-6-4-3-5-15(16)18/h3-10,16-17H,2,11-12,19H2,1H3. The quantitative estimate of drug-likeness (QED) is 0.917. The third-order valence-corrected chi connectivity index (χ3v) is 5.36. The second-order valence-corrected chi connectivity index (χ2v) is 6.56. The number of hydrogen-bond donors (Lipinski definition) is 1. The zero-order valence-electron chi connectivity index (χ0n) is 11.9. The van der Waals surface area contributed by atoms with Gasteiger partial charge in [-0.2, -0.15) is 0 Å². The van der Waals surface area contributed by atoms with Gasteiger partial charge in [0.2, 0.25) is 0 Å². The molecule has 0 spiro atoms. The minimum atomic E-state index is 0.207. The van der Waals surface area contributed by atoms with Crippen LogP contribution in [0.15, 0.2) is 53.4 Å². The van der Waals surface area contributed by atoms with Crippen LogP contribution in [0.2, 0.25) is 0 Å². The third-order valence-electron chi connectivity index (χ3n) is 4.16. The van der Waals surface area contributed by atoms with Crippen LogP contribution in [-0.4, -0.2) is 11.8 Å². The molecule has 104 valence electrons. The summed E-state index contributed by atoms with van der Waals surface area (Å²) in [4.78, 5) is 1.41. The molecule has 0 saturated carbocycles. The predicted octanol–water partition coefficient (Wildman–Crippen LogP) is 4.01. The number of rotatable bonds is 4. The van der Waals surface area contributed by atoms with Crippen molar-refractivity contribution in [3.8, 4) is 0 Å². The number of benzene rings is 2. The van der Waals surface area contributed by atoms with E-state index >= 15 is 0 Å². The molecule has 3 rings (SSSR count). The van der Waals surface area contributed by atoms with Gasteiger partial charge in [0.25, 0.3) is 0 Å². The SMILES string of the molecule is CCc1ccc(CC(N)C2CSc3ccccc32)cc1. The summed E-state index contributed by atoms with van der Waals surface area (Å²) in [6, 6.07) is 17.8. The van der Waals surface area contributed by atoms with Crippen LogP contribution in [0, 0.1) is 0 Å². The van der Waals surface area contributed by atoms with Gasteiger partial charge in [0.1, 0.15) is 0 Å². The van der Waals surface area contributed by atoms with Gasteiger partial charge in [0.15, 0.2) is 0 Å². The first-order valence-corrected chi connectivity index (χ1v) is 8.31. The van der Waals surface area contributed by atoms with Crippen LogP contribution in [0.25, 0.3) is 0 Å². The van der Waals surface area contributed by atoms with Crippen molar-refractivity contribution in [3.63, 3.8) is 0 Å². The zero-order valence-corrected chi connectivity index (χ0v) is 12.7. The highest BCUT2D eigenvalue weighted by atomic mass is 32.2. The van der Waals surface area contributed by atoms with Gasteiger partial charge in [-0.15, -0.1) is 11.8 Å². The van der Waals surface area contributed by atoms with E-state index < -0.39 is 0 Å². The van der Waals surface area contributed by atoms with Crippen molar-refractivity contribution in [2.24, 2.45) is 5.73 Å². The fourth-order valence-electron chi connectivity index (χ4n) is 2.87. The Hall–Kier alpha value is -1.25. The third kappa shape index (κ3) is 2.77. The smallest absolute Gasteiger partial charge is 0.0157 e. The van der Waals surface area contributed by atoms with E-state index in [1.165, 1.54) is 21.6 Å². The maximum absolute atomic E-state index is 6.48. The van der Waals surface area contributed by atoms with Gasteiger partial charge in [-0.25, -0.2) is 0 Å². The molecule has 0 amide bonds. The van der Waals surface area contributed by atoms with Crippen LogP contribution in [-0.2, 0) is 12.8 Å². The Morgan fingerprint density at radius 3 is 2.55 bits per heavy atom. The Morgan fingerprint density at radius 1 is 1.10 bits per heavy atom. The van der Waals surface area contributed by atoms with Gasteiger partial charge in [-0.3, -0.25) is 0 Å². The Morgan fingerprint density at radius 2 is 1.80 bits per heavy atom. The summed E-state index contributed by atoms with van der Waals surface area (Å²) in [5.41, 5.74) is 10.7. The molecule has 0 radical (unpaired) electrons. The molecule has 0 saturated heterocycles. The molecule has 2 N–H and O–H groups in total. The van der Waals surface area contributed by atoms with E-state index in [2.05, 4.69) is 55.5 Å². The lowest BCUT2D eigenvalue weighted by atomic mass is 9.89. The molecule has 2 aromatic rings. The van der Waals surface area contributed by atoms with E-state index in [0.29, 0.717) is 5.92 Å². The van der Waals surface area contributed by atoms with Crippen LogP contribution < -0.4 is 5.73 Å². The van der Waals surface area contributed by atoms with E-state index in [4.69, 9.17) is 5.73 Å². The second-order valence-electron chi connectivity index (χ2n) is 5.49.